The van der Waals surface area contributed by atoms with Crippen molar-refractivity contribution in [1.82, 2.24) is 16.0 Å². The van der Waals surface area contributed by atoms with Crippen molar-refractivity contribution < 1.29 is 85.7 Å². The first-order valence-electron chi connectivity index (χ1n) is 21.3. The number of carbonyl (C=O) groups excluding carboxylic acids is 7. The van der Waals surface area contributed by atoms with E-state index in [-0.39, 0.29) is 17.3 Å². The highest BCUT2D eigenvalue weighted by molar-refractivity contribution is 5.85. The van der Waals surface area contributed by atoms with Gasteiger partial charge in [0.15, 0.2) is 36.2 Å². The van der Waals surface area contributed by atoms with Crippen LogP contribution in [0.25, 0.3) is 0 Å². The van der Waals surface area contributed by atoms with E-state index in [4.69, 9.17) is 52.1 Å². The number of ketones is 3. The van der Waals surface area contributed by atoms with Gasteiger partial charge in [0.05, 0.1) is 67.7 Å². The quantitative estimate of drug-likeness (QED) is 0.197. The molecule has 6 aliphatic rings. The first-order chi connectivity index (χ1) is 29.1. The molecule has 6 heterocycles. The lowest BCUT2D eigenvalue weighted by Gasteiger charge is -2.33. The Morgan fingerprint density at radius 2 is 0.841 bits per heavy atom. The van der Waals surface area contributed by atoms with Gasteiger partial charge in [0, 0.05) is 12.8 Å². The van der Waals surface area contributed by atoms with E-state index in [9.17, 15) is 33.6 Å². The summed E-state index contributed by atoms with van der Waals surface area (Å²) in [5, 5.41) is 8.31. The minimum Gasteiger partial charge on any atom is -0.469 e. The molecule has 6 aliphatic heterocycles. The fraction of sp³-hybridized carbons (Fsp3) is 0.833. The number of rotatable bonds is 15. The van der Waals surface area contributed by atoms with E-state index in [0.29, 0.717) is 0 Å². The first-order valence-corrected chi connectivity index (χ1v) is 21.3. The molecule has 15 atom stereocenters. The Labute approximate surface area is 366 Å². The van der Waals surface area contributed by atoms with E-state index >= 15 is 0 Å². The summed E-state index contributed by atoms with van der Waals surface area (Å²) >= 11 is 0. The number of hydrogen-bond acceptors (Lipinski definition) is 18. The molecule has 6 fully saturated rings. The molecule has 6 rings (SSSR count). The smallest absolute Gasteiger partial charge is 0.407 e. The Morgan fingerprint density at radius 3 is 1.14 bits per heavy atom. The zero-order valence-electron chi connectivity index (χ0n) is 38.1. The number of esters is 1. The van der Waals surface area contributed by atoms with Gasteiger partial charge in [-0.15, -0.1) is 0 Å². The van der Waals surface area contributed by atoms with Crippen LogP contribution in [0.5, 0.6) is 0 Å². The van der Waals surface area contributed by atoms with Crippen LogP contribution < -0.4 is 16.0 Å². The van der Waals surface area contributed by atoms with Crippen LogP contribution in [0.2, 0.25) is 0 Å². The number of alkyl carbamates (subject to hydrolysis) is 1. The van der Waals surface area contributed by atoms with E-state index in [1.165, 1.54) is 27.9 Å². The van der Waals surface area contributed by atoms with Crippen LogP contribution in [-0.2, 0) is 80.9 Å². The molecule has 3 amide bonds. The summed E-state index contributed by atoms with van der Waals surface area (Å²) in [6.45, 7) is 19.0. The highest BCUT2D eigenvalue weighted by Crippen LogP contribution is 2.45. The molecule has 3 N–H and O–H groups in total. The Bertz CT molecular complexity index is 1810. The van der Waals surface area contributed by atoms with Crippen molar-refractivity contribution in [2.24, 2.45) is 17.8 Å². The summed E-state index contributed by atoms with van der Waals surface area (Å²) in [6, 6.07) is -3.66. The standard InChI is InChI=1S/C42H63N3O18/c1-17(46)26-29(54-35-32(26)57-40(7,8)60-35)20(14-23(49)44-22(16-25(51)53-13)31-28(19(3)48)34-37(56-31)62-42(11,12)59-34)43-24(50)15-21(45-38(52)63-39(4,5)6)30-27(18(2)47)33-36(55-30)61-41(9,10)58-33/h20-22,26-37H,14-16H2,1-13H3,(H,43,50)(H,44,49)(H,45,52)/t20?,21?,22?,26-,27-,28-,29+,30+,31+,32+,33+,34+,35+,36+,37+/m0/s1. The van der Waals surface area contributed by atoms with Crippen LogP contribution in [-0.4, -0.2) is 145 Å². The van der Waals surface area contributed by atoms with Gasteiger partial charge in [0.1, 0.15) is 41.3 Å². The molecule has 0 aliphatic carbocycles. The predicted molar refractivity (Wildman–Crippen MR) is 211 cm³/mol. The van der Waals surface area contributed by atoms with Crippen molar-refractivity contribution in [3.8, 4) is 0 Å². The number of fused-ring (bicyclic) bond motifs is 3. The predicted octanol–water partition coefficient (Wildman–Crippen LogP) is 1.44. The molecule has 0 radical (unpaired) electrons. The van der Waals surface area contributed by atoms with E-state index in [0.717, 1.165) is 0 Å². The fourth-order valence-electron chi connectivity index (χ4n) is 9.42. The summed E-state index contributed by atoms with van der Waals surface area (Å²) in [4.78, 5) is 94.4. The van der Waals surface area contributed by atoms with E-state index in [1.807, 2.05) is 0 Å². The van der Waals surface area contributed by atoms with Crippen LogP contribution in [0.3, 0.4) is 0 Å². The molecule has 6 saturated heterocycles. The van der Waals surface area contributed by atoms with Gasteiger partial charge >= 0.3 is 12.1 Å². The van der Waals surface area contributed by atoms with Crippen molar-refractivity contribution in [3.63, 3.8) is 0 Å². The minimum atomic E-state index is -1.28. The molecular weight excluding hydrogens is 834 g/mol. The van der Waals surface area contributed by atoms with Crippen molar-refractivity contribution in [2.75, 3.05) is 7.11 Å². The average Bonchev–Trinajstić information content (AvgIpc) is 3.92. The van der Waals surface area contributed by atoms with Crippen LogP contribution in [0.15, 0.2) is 0 Å². The molecule has 0 aromatic rings. The maximum Gasteiger partial charge on any atom is 0.407 e. The largest absolute Gasteiger partial charge is 0.469 e. The first kappa shape index (κ1) is 48.8. The van der Waals surface area contributed by atoms with Crippen molar-refractivity contribution in [2.45, 2.75) is 199 Å². The van der Waals surface area contributed by atoms with E-state index in [2.05, 4.69) is 16.0 Å². The highest BCUT2D eigenvalue weighted by Gasteiger charge is 2.61. The lowest BCUT2D eigenvalue weighted by molar-refractivity contribution is -0.213. The van der Waals surface area contributed by atoms with Gasteiger partial charge in [-0.25, -0.2) is 4.79 Å². The Hall–Kier alpha value is -3.67. The molecule has 0 aromatic heterocycles. The van der Waals surface area contributed by atoms with Crippen LogP contribution in [0.4, 0.5) is 4.79 Å². The van der Waals surface area contributed by atoms with Gasteiger partial charge in [0.25, 0.3) is 0 Å². The summed E-state index contributed by atoms with van der Waals surface area (Å²) in [6.07, 6.45) is -11.5. The van der Waals surface area contributed by atoms with Gasteiger partial charge in [-0.3, -0.25) is 28.8 Å². The van der Waals surface area contributed by atoms with Crippen molar-refractivity contribution in [1.29, 1.82) is 0 Å². The fourth-order valence-corrected chi connectivity index (χ4v) is 9.42. The van der Waals surface area contributed by atoms with Crippen molar-refractivity contribution in [3.05, 3.63) is 0 Å². The summed E-state index contributed by atoms with van der Waals surface area (Å²) in [5.41, 5.74) is -0.938. The Morgan fingerprint density at radius 1 is 0.524 bits per heavy atom. The second-order valence-electron chi connectivity index (χ2n) is 19.4. The molecule has 0 bridgehead atoms. The molecular formula is C42H63N3O18. The summed E-state index contributed by atoms with van der Waals surface area (Å²) < 4.78 is 64.9. The Kier molecular flexibility index (Phi) is 13.9. The third-order valence-electron chi connectivity index (χ3n) is 11.7. The molecule has 0 saturated carbocycles. The number of methoxy groups -OCH3 is 1. The lowest BCUT2D eigenvalue weighted by atomic mass is 9.87. The third kappa shape index (κ3) is 11.1. The van der Waals surface area contributed by atoms with E-state index < -0.39 is 157 Å². The number of Topliss-reactive ketones (excluding diaryl/α,β-unsaturated/α-hetero) is 3. The highest BCUT2D eigenvalue weighted by atomic mass is 16.8. The maximum atomic E-state index is 14.4. The van der Waals surface area contributed by atoms with Crippen LogP contribution in [0.1, 0.15) is 102 Å². The normalized spacial score (nSPS) is 36.0. The molecule has 354 valence electrons. The molecule has 0 aromatic carbocycles. The zero-order valence-corrected chi connectivity index (χ0v) is 38.1. The van der Waals surface area contributed by atoms with E-state index in [1.54, 1.807) is 62.3 Å². The van der Waals surface area contributed by atoms with Gasteiger partial charge in [0.2, 0.25) is 11.8 Å². The maximum absolute atomic E-state index is 14.4. The number of carbonyl (C=O) groups is 7. The number of ether oxygens (including phenoxy) is 11. The van der Waals surface area contributed by atoms with Gasteiger partial charge in [-0.05, 0) is 83.1 Å². The van der Waals surface area contributed by atoms with Crippen LogP contribution in [0, 0.1) is 17.8 Å². The molecule has 0 spiro atoms. The monoisotopic (exact) mass is 897 g/mol. The van der Waals surface area contributed by atoms with Gasteiger partial charge in [-0.1, -0.05) is 0 Å². The number of hydrogen-bond donors (Lipinski definition) is 3. The molecule has 21 heteroatoms. The SMILES string of the molecule is COC(=O)CC(NC(=O)CC(NC(=O)CC(NC(=O)OC(C)(C)C)[C@H]1O[C@@H]2OC(C)(C)O[C@@H]2[C@H]1C(C)=O)[C@H]1O[C@@H]2OC(C)(C)O[C@@H]2[C@H]1C(C)=O)[C@H]1O[C@@H]2OC(C)(C)O[C@@H]2[C@H]1C(C)=O. The van der Waals surface area contributed by atoms with Gasteiger partial charge < -0.3 is 68.1 Å². The molecule has 3 unspecified atom stereocenters. The molecule has 21 nitrogen and oxygen atoms in total. The minimum absolute atomic E-state index is 0.334. The average molecular weight is 898 g/mol. The second-order valence-corrected chi connectivity index (χ2v) is 19.4. The topological polar surface area (TPSA) is 257 Å². The zero-order chi connectivity index (χ0) is 46.7. The summed E-state index contributed by atoms with van der Waals surface area (Å²) in [5.74, 6) is -9.49. The second kappa shape index (κ2) is 18.0. The lowest BCUT2D eigenvalue weighted by Crippen LogP contribution is -2.56. The summed E-state index contributed by atoms with van der Waals surface area (Å²) in [7, 11) is 1.17. The number of nitrogens with one attached hydrogen (secondary N) is 3. The molecule has 63 heavy (non-hydrogen) atoms. The van der Waals surface area contributed by atoms with Gasteiger partial charge in [-0.2, -0.15) is 0 Å². The van der Waals surface area contributed by atoms with Crippen LogP contribution >= 0.6 is 0 Å². The third-order valence-corrected chi connectivity index (χ3v) is 11.7. The van der Waals surface area contributed by atoms with Crippen molar-refractivity contribution >= 4 is 41.2 Å². The number of amides is 3. The Balaban J connectivity index is 1.28.